The minimum absolute atomic E-state index is 0.381. The van der Waals surface area contributed by atoms with Crippen LogP contribution in [-0.4, -0.2) is 19.3 Å². The highest BCUT2D eigenvalue weighted by Gasteiger charge is 2.52. The number of hydrogen-bond acceptors (Lipinski definition) is 1. The molecule has 2 bridgehead atoms. The van der Waals surface area contributed by atoms with E-state index in [0.717, 1.165) is 12.3 Å². The van der Waals surface area contributed by atoms with Gasteiger partial charge in [0.15, 0.2) is 0 Å². The van der Waals surface area contributed by atoms with Gasteiger partial charge in [0.25, 0.3) is 0 Å². The van der Waals surface area contributed by atoms with Gasteiger partial charge in [-0.25, -0.2) is 0 Å². The van der Waals surface area contributed by atoms with Crippen molar-refractivity contribution in [2.45, 2.75) is 52.4 Å². The van der Waals surface area contributed by atoms with Crippen molar-refractivity contribution in [2.24, 2.45) is 17.3 Å². The molecule has 2 heteroatoms. The van der Waals surface area contributed by atoms with E-state index in [1.807, 2.05) is 0 Å². The van der Waals surface area contributed by atoms with Crippen molar-refractivity contribution in [3.63, 3.8) is 0 Å². The third-order valence-corrected chi connectivity index (χ3v) is 5.30. The number of rotatable bonds is 1. The topological polar surface area (TPSA) is 20.2 Å². The molecular formula is C15H24OSi. The fourth-order valence-corrected chi connectivity index (χ4v) is 3.64. The summed E-state index contributed by atoms with van der Waals surface area (Å²) in [6, 6.07) is 0. The highest BCUT2D eigenvalue weighted by atomic mass is 28.3. The Morgan fingerprint density at radius 1 is 1.41 bits per heavy atom. The summed E-state index contributed by atoms with van der Waals surface area (Å²) in [4.78, 5) is 0. The molecule has 3 rings (SSSR count). The van der Waals surface area contributed by atoms with Crippen LogP contribution < -0.4 is 0 Å². The fraction of sp³-hybridized carbons (Fsp3) is 0.733. The van der Waals surface area contributed by atoms with Gasteiger partial charge in [0.05, 0.1) is 0 Å². The lowest BCUT2D eigenvalue weighted by molar-refractivity contribution is -0.0169. The van der Waals surface area contributed by atoms with Crippen molar-refractivity contribution in [1.29, 1.82) is 0 Å². The molecule has 0 aromatic heterocycles. The van der Waals surface area contributed by atoms with Crippen molar-refractivity contribution >= 4 is 8.07 Å². The fourth-order valence-electron chi connectivity index (χ4n) is 3.07. The predicted molar refractivity (Wildman–Crippen MR) is 75.2 cm³/mol. The molecular weight excluding hydrogens is 224 g/mol. The Morgan fingerprint density at radius 3 is 2.53 bits per heavy atom. The van der Waals surface area contributed by atoms with Gasteiger partial charge in [-0.3, -0.25) is 0 Å². The lowest BCUT2D eigenvalue weighted by atomic mass is 9.48. The van der Waals surface area contributed by atoms with Crippen LogP contribution >= 0.6 is 0 Å². The Morgan fingerprint density at radius 2 is 2.06 bits per heavy atom. The van der Waals surface area contributed by atoms with E-state index < -0.39 is 14.2 Å². The molecule has 17 heavy (non-hydrogen) atoms. The second kappa shape index (κ2) is 4.00. The number of aliphatic hydroxyl groups is 1. The van der Waals surface area contributed by atoms with Crippen molar-refractivity contribution in [1.82, 2.24) is 0 Å². The van der Waals surface area contributed by atoms with E-state index in [2.05, 4.69) is 51.0 Å². The van der Waals surface area contributed by atoms with Crippen LogP contribution in [0, 0.1) is 28.7 Å². The highest BCUT2D eigenvalue weighted by Crippen LogP contribution is 2.59. The van der Waals surface area contributed by atoms with Crippen LogP contribution in [-0.2, 0) is 0 Å². The largest absolute Gasteiger partial charge is 0.376 e. The summed E-state index contributed by atoms with van der Waals surface area (Å²) < 4.78 is 0. The Kier molecular flexibility index (Phi) is 3.04. The molecule has 1 saturated carbocycles. The minimum Gasteiger partial charge on any atom is -0.376 e. The van der Waals surface area contributed by atoms with E-state index in [0.29, 0.717) is 11.3 Å². The van der Waals surface area contributed by atoms with Crippen LogP contribution in [0.2, 0.25) is 19.6 Å². The second-order valence-electron chi connectivity index (χ2n) is 7.17. The number of fused-ring (bicyclic) bond motifs is 1. The van der Waals surface area contributed by atoms with E-state index in [9.17, 15) is 5.11 Å². The number of hydrogen-bond donors (Lipinski definition) is 1. The lowest BCUT2D eigenvalue weighted by Gasteiger charge is -2.56. The van der Waals surface area contributed by atoms with Crippen LogP contribution in [0.5, 0.6) is 0 Å². The molecule has 0 aliphatic heterocycles. The molecule has 3 atom stereocenters. The summed E-state index contributed by atoms with van der Waals surface area (Å²) in [5.74, 6) is 4.47. The molecule has 0 spiro atoms. The molecule has 1 nitrogen and oxygen atoms in total. The SMILES string of the molecule is CC1(C)[C@H]2CC=C(C(O)C#C[Si](C)(C)C)[C@@H]1C2. The van der Waals surface area contributed by atoms with Crippen LogP contribution in [0.1, 0.15) is 26.7 Å². The highest BCUT2D eigenvalue weighted by molar-refractivity contribution is 6.83. The van der Waals surface area contributed by atoms with Crippen molar-refractivity contribution in [3.05, 3.63) is 11.6 Å². The second-order valence-corrected chi connectivity index (χ2v) is 11.9. The zero-order valence-corrected chi connectivity index (χ0v) is 12.7. The molecule has 3 aliphatic carbocycles. The molecule has 0 aromatic carbocycles. The van der Waals surface area contributed by atoms with Crippen LogP contribution in [0.25, 0.3) is 0 Å². The van der Waals surface area contributed by atoms with E-state index in [1.165, 1.54) is 12.0 Å². The molecule has 3 aliphatic rings. The Balaban J connectivity index is 2.13. The first-order valence-electron chi connectivity index (χ1n) is 6.62. The van der Waals surface area contributed by atoms with Crippen LogP contribution in [0.3, 0.4) is 0 Å². The standard InChI is InChI=1S/C15H24OSi/c1-15(2)11-6-7-12(13(15)10-11)14(16)8-9-17(3,4)5/h7,11,13-14,16H,6,10H2,1-5H3/t11-,13-,14?/m0/s1. The van der Waals surface area contributed by atoms with Gasteiger partial charge in [-0.1, -0.05) is 45.5 Å². The van der Waals surface area contributed by atoms with Crippen LogP contribution in [0.4, 0.5) is 0 Å². The first-order chi connectivity index (χ1) is 7.72. The normalized spacial score (nSPS) is 31.8. The van der Waals surface area contributed by atoms with Gasteiger partial charge in [0.1, 0.15) is 14.2 Å². The zero-order valence-electron chi connectivity index (χ0n) is 11.7. The van der Waals surface area contributed by atoms with E-state index in [4.69, 9.17) is 0 Å². The summed E-state index contributed by atoms with van der Waals surface area (Å²) in [7, 11) is -1.38. The summed E-state index contributed by atoms with van der Waals surface area (Å²) in [5.41, 5.74) is 4.86. The molecule has 0 amide bonds. The maximum atomic E-state index is 10.2. The molecule has 1 unspecified atom stereocenters. The summed E-state index contributed by atoms with van der Waals surface area (Å²) in [5, 5.41) is 10.2. The van der Waals surface area contributed by atoms with Gasteiger partial charge >= 0.3 is 0 Å². The molecule has 0 heterocycles. The average molecular weight is 248 g/mol. The summed E-state index contributed by atoms with van der Waals surface area (Å²) >= 11 is 0. The molecule has 1 fully saturated rings. The van der Waals surface area contributed by atoms with E-state index in [-0.39, 0.29) is 0 Å². The van der Waals surface area contributed by atoms with Gasteiger partial charge in [-0.05, 0) is 35.7 Å². The maximum Gasteiger partial charge on any atom is 0.135 e. The third-order valence-electron chi connectivity index (χ3n) is 4.41. The third kappa shape index (κ3) is 2.36. The van der Waals surface area contributed by atoms with Gasteiger partial charge in [-0.15, -0.1) is 5.54 Å². The molecule has 1 N–H and O–H groups in total. The quantitative estimate of drug-likeness (QED) is 0.429. The van der Waals surface area contributed by atoms with Crippen molar-refractivity contribution < 1.29 is 5.11 Å². The maximum absolute atomic E-state index is 10.2. The van der Waals surface area contributed by atoms with E-state index in [1.54, 1.807) is 0 Å². The van der Waals surface area contributed by atoms with E-state index >= 15 is 0 Å². The average Bonchev–Trinajstić information content (AvgIpc) is 2.24. The Labute approximate surface area is 106 Å². The van der Waals surface area contributed by atoms with Crippen LogP contribution in [0.15, 0.2) is 11.6 Å². The Bertz CT molecular complexity index is 403. The van der Waals surface area contributed by atoms with Crippen molar-refractivity contribution in [3.8, 4) is 11.5 Å². The number of aliphatic hydroxyl groups excluding tert-OH is 1. The van der Waals surface area contributed by atoms with Crippen molar-refractivity contribution in [2.75, 3.05) is 0 Å². The smallest absolute Gasteiger partial charge is 0.135 e. The lowest BCUT2D eigenvalue weighted by Crippen LogP contribution is -2.49. The predicted octanol–water partition coefficient (Wildman–Crippen LogP) is 3.22. The number of allylic oxidation sites excluding steroid dienone is 1. The minimum atomic E-state index is -1.38. The molecule has 0 saturated heterocycles. The monoisotopic (exact) mass is 248 g/mol. The molecule has 0 radical (unpaired) electrons. The first kappa shape index (κ1) is 12.9. The van der Waals surface area contributed by atoms with Gasteiger partial charge in [0, 0.05) is 0 Å². The first-order valence-corrected chi connectivity index (χ1v) is 10.1. The zero-order chi connectivity index (χ0) is 12.8. The van der Waals surface area contributed by atoms with Gasteiger partial charge in [-0.2, -0.15) is 0 Å². The van der Waals surface area contributed by atoms with Gasteiger partial charge < -0.3 is 5.11 Å². The summed E-state index contributed by atoms with van der Waals surface area (Å²) in [6.45, 7) is 11.3. The summed E-state index contributed by atoms with van der Waals surface area (Å²) in [6.07, 6.45) is 4.11. The Hall–Kier alpha value is -0.523. The molecule has 0 aromatic rings. The molecule has 94 valence electrons. The van der Waals surface area contributed by atoms with Gasteiger partial charge in [0.2, 0.25) is 0 Å².